The van der Waals surface area contributed by atoms with Gasteiger partial charge in [-0.15, -0.1) is 0 Å². The molecule has 1 N–H and O–H groups in total. The molecule has 2 aromatic heterocycles. The predicted molar refractivity (Wildman–Crippen MR) is 61.4 cm³/mol. The van der Waals surface area contributed by atoms with Crippen LogP contribution in [0.4, 0.5) is 18.3 Å². The van der Waals surface area contributed by atoms with Crippen molar-refractivity contribution in [2.75, 3.05) is 11.9 Å². The van der Waals surface area contributed by atoms with Crippen LogP contribution in [0, 0.1) is 0 Å². The molecule has 0 atom stereocenters. The third-order valence-electron chi connectivity index (χ3n) is 1.95. The first kappa shape index (κ1) is 12.3. The summed E-state index contributed by atoms with van der Waals surface area (Å²) in [4.78, 5) is 3.37. The molecule has 2 heterocycles. The van der Waals surface area contributed by atoms with Crippen molar-refractivity contribution in [3.8, 4) is 0 Å². The maximum absolute atomic E-state index is 12.2. The first-order valence-corrected chi connectivity index (χ1v) is 6.43. The maximum atomic E-state index is 12.2. The Labute approximate surface area is 103 Å². The summed E-state index contributed by atoms with van der Waals surface area (Å²) in [6.45, 7) is 0.545. The molecule has 0 radical (unpaired) electrons. The van der Waals surface area contributed by atoms with E-state index in [2.05, 4.69) is 14.7 Å². The van der Waals surface area contributed by atoms with E-state index in [9.17, 15) is 13.2 Å². The fraction of sp³-hybridized carbons (Fsp3) is 0.333. The summed E-state index contributed by atoms with van der Waals surface area (Å²) in [6.07, 6.45) is -3.71. The fourth-order valence-electron chi connectivity index (χ4n) is 1.16. The lowest BCUT2D eigenvalue weighted by Crippen LogP contribution is -2.08. The van der Waals surface area contributed by atoms with Crippen molar-refractivity contribution in [3.05, 3.63) is 28.2 Å². The average Bonchev–Trinajstić information content (AvgIpc) is 2.86. The van der Waals surface area contributed by atoms with Crippen LogP contribution in [0.2, 0.25) is 0 Å². The normalized spacial score (nSPS) is 11.7. The van der Waals surface area contributed by atoms with Crippen LogP contribution in [-0.4, -0.2) is 15.9 Å². The summed E-state index contributed by atoms with van der Waals surface area (Å²) in [7, 11) is 0. The molecule has 3 nitrogen and oxygen atoms in total. The Morgan fingerprint density at radius 1 is 1.35 bits per heavy atom. The van der Waals surface area contributed by atoms with Crippen LogP contribution in [0.25, 0.3) is 0 Å². The zero-order chi connectivity index (χ0) is 12.3. The minimum Gasteiger partial charge on any atom is -0.360 e. The SMILES string of the molecule is FC(F)(F)c1nsc(NCCc2ccsc2)n1. The van der Waals surface area contributed by atoms with Crippen LogP contribution in [0.3, 0.4) is 0 Å². The van der Waals surface area contributed by atoms with Crippen molar-refractivity contribution < 1.29 is 13.2 Å². The highest BCUT2D eigenvalue weighted by molar-refractivity contribution is 7.09. The van der Waals surface area contributed by atoms with Crippen LogP contribution in [0.5, 0.6) is 0 Å². The number of hydrogen-bond donors (Lipinski definition) is 1. The van der Waals surface area contributed by atoms with Crippen molar-refractivity contribution >= 4 is 28.0 Å². The number of hydrogen-bond acceptors (Lipinski definition) is 5. The van der Waals surface area contributed by atoms with E-state index in [1.807, 2.05) is 16.8 Å². The van der Waals surface area contributed by atoms with Gasteiger partial charge in [-0.3, -0.25) is 0 Å². The van der Waals surface area contributed by atoms with Crippen LogP contribution in [0.15, 0.2) is 16.8 Å². The van der Waals surface area contributed by atoms with E-state index in [-0.39, 0.29) is 5.13 Å². The first-order chi connectivity index (χ1) is 8.05. The highest BCUT2D eigenvalue weighted by atomic mass is 32.1. The number of nitrogens with one attached hydrogen (secondary N) is 1. The summed E-state index contributed by atoms with van der Waals surface area (Å²) in [5.74, 6) is -1.08. The van der Waals surface area contributed by atoms with Gasteiger partial charge in [-0.05, 0) is 28.8 Å². The van der Waals surface area contributed by atoms with E-state index in [0.717, 1.165) is 23.5 Å². The van der Waals surface area contributed by atoms with Gasteiger partial charge in [0.15, 0.2) is 0 Å². The Bertz CT molecular complexity index is 464. The molecule has 2 aromatic rings. The number of alkyl halides is 3. The van der Waals surface area contributed by atoms with E-state index in [1.165, 1.54) is 0 Å². The van der Waals surface area contributed by atoms with E-state index in [1.54, 1.807) is 11.3 Å². The van der Waals surface area contributed by atoms with Crippen LogP contribution >= 0.6 is 22.9 Å². The van der Waals surface area contributed by atoms with Crippen LogP contribution in [-0.2, 0) is 12.6 Å². The first-order valence-electron chi connectivity index (χ1n) is 4.71. The Kier molecular flexibility index (Phi) is 3.63. The minimum atomic E-state index is -4.47. The number of thiophene rings is 1. The van der Waals surface area contributed by atoms with Crippen molar-refractivity contribution in [2.45, 2.75) is 12.6 Å². The van der Waals surface area contributed by atoms with Gasteiger partial charge in [0.05, 0.1) is 0 Å². The fourth-order valence-corrected chi connectivity index (χ4v) is 2.47. The van der Waals surface area contributed by atoms with Crippen molar-refractivity contribution in [1.82, 2.24) is 9.36 Å². The zero-order valence-electron chi connectivity index (χ0n) is 8.49. The molecule has 92 valence electrons. The van der Waals surface area contributed by atoms with Gasteiger partial charge in [-0.1, -0.05) is 0 Å². The molecule has 0 aliphatic heterocycles. The van der Waals surface area contributed by atoms with Crippen LogP contribution in [0.1, 0.15) is 11.4 Å². The quantitative estimate of drug-likeness (QED) is 0.933. The highest BCUT2D eigenvalue weighted by Crippen LogP contribution is 2.28. The molecule has 0 saturated heterocycles. The summed E-state index contributed by atoms with van der Waals surface area (Å²) in [5.41, 5.74) is 1.16. The van der Waals surface area contributed by atoms with E-state index < -0.39 is 12.0 Å². The van der Waals surface area contributed by atoms with Gasteiger partial charge in [0.2, 0.25) is 11.0 Å². The molecule has 8 heteroatoms. The second-order valence-corrected chi connectivity index (χ2v) is 4.76. The van der Waals surface area contributed by atoms with Gasteiger partial charge in [0.25, 0.3) is 0 Å². The molecule has 0 amide bonds. The zero-order valence-corrected chi connectivity index (χ0v) is 10.1. The van der Waals surface area contributed by atoms with Crippen molar-refractivity contribution in [1.29, 1.82) is 0 Å². The van der Waals surface area contributed by atoms with Crippen molar-refractivity contribution in [3.63, 3.8) is 0 Å². The van der Waals surface area contributed by atoms with Gasteiger partial charge in [-0.25, -0.2) is 0 Å². The maximum Gasteiger partial charge on any atom is 0.452 e. The smallest absolute Gasteiger partial charge is 0.360 e. The van der Waals surface area contributed by atoms with Crippen LogP contribution < -0.4 is 5.32 Å². The molecule has 0 saturated carbocycles. The Morgan fingerprint density at radius 2 is 2.18 bits per heavy atom. The van der Waals surface area contributed by atoms with E-state index in [0.29, 0.717) is 6.54 Å². The lowest BCUT2D eigenvalue weighted by molar-refractivity contribution is -0.144. The molecular weight excluding hydrogens is 271 g/mol. The number of nitrogens with zero attached hydrogens (tertiary/aromatic N) is 2. The monoisotopic (exact) mass is 279 g/mol. The Balaban J connectivity index is 1.85. The number of halogens is 3. The second kappa shape index (κ2) is 5.01. The summed E-state index contributed by atoms with van der Waals surface area (Å²) < 4.78 is 39.9. The Morgan fingerprint density at radius 3 is 2.76 bits per heavy atom. The molecule has 17 heavy (non-hydrogen) atoms. The molecule has 0 unspecified atom stereocenters. The van der Waals surface area contributed by atoms with E-state index >= 15 is 0 Å². The molecule has 0 aromatic carbocycles. The topological polar surface area (TPSA) is 37.8 Å². The summed E-state index contributed by atoms with van der Waals surface area (Å²) in [5, 5.41) is 6.99. The lowest BCUT2D eigenvalue weighted by atomic mass is 10.2. The van der Waals surface area contributed by atoms with E-state index in [4.69, 9.17) is 0 Å². The van der Waals surface area contributed by atoms with Gasteiger partial charge < -0.3 is 5.32 Å². The van der Waals surface area contributed by atoms with Gasteiger partial charge >= 0.3 is 6.18 Å². The molecule has 0 spiro atoms. The molecular formula is C9H8F3N3S2. The minimum absolute atomic E-state index is 0.201. The Hall–Kier alpha value is -1.15. The predicted octanol–water partition coefficient (Wildman–Crippen LogP) is 3.27. The third-order valence-corrected chi connectivity index (χ3v) is 3.35. The standard InChI is InChI=1S/C9H8F3N3S2/c10-9(11,12)7-14-8(17-15-7)13-3-1-6-2-4-16-5-6/h2,4-5H,1,3H2,(H,13,14,15). The number of rotatable bonds is 4. The molecule has 0 fully saturated rings. The van der Waals surface area contributed by atoms with Gasteiger partial charge in [-0.2, -0.15) is 33.9 Å². The number of aromatic nitrogens is 2. The van der Waals surface area contributed by atoms with Gasteiger partial charge in [0, 0.05) is 18.1 Å². The summed E-state index contributed by atoms with van der Waals surface area (Å²) in [6, 6.07) is 1.98. The highest BCUT2D eigenvalue weighted by Gasteiger charge is 2.36. The molecule has 0 aliphatic carbocycles. The molecule has 0 aliphatic rings. The molecule has 2 rings (SSSR count). The number of anilines is 1. The van der Waals surface area contributed by atoms with Gasteiger partial charge in [0.1, 0.15) is 0 Å². The molecule has 0 bridgehead atoms. The summed E-state index contributed by atoms with van der Waals surface area (Å²) >= 11 is 2.32. The average molecular weight is 279 g/mol. The second-order valence-electron chi connectivity index (χ2n) is 3.23. The lowest BCUT2D eigenvalue weighted by Gasteiger charge is -2.00. The third kappa shape index (κ3) is 3.40. The van der Waals surface area contributed by atoms with Crippen molar-refractivity contribution in [2.24, 2.45) is 0 Å². The largest absolute Gasteiger partial charge is 0.452 e.